The second-order valence-electron chi connectivity index (χ2n) is 4.23. The zero-order chi connectivity index (χ0) is 12.1. The van der Waals surface area contributed by atoms with Crippen LogP contribution in [0.3, 0.4) is 0 Å². The Balaban J connectivity index is 4.64. The molecule has 0 saturated heterocycles. The normalized spacial score (nSPS) is 16.6. The summed E-state index contributed by atoms with van der Waals surface area (Å²) in [5, 5.41) is 9.10. The fourth-order valence-electron chi connectivity index (χ4n) is 0.903. The highest BCUT2D eigenvalue weighted by molar-refractivity contribution is 7.90. The predicted molar refractivity (Wildman–Crippen MR) is 61.4 cm³/mol. The second kappa shape index (κ2) is 5.46. The lowest BCUT2D eigenvalue weighted by atomic mass is 9.91. The molecule has 1 atom stereocenters. The van der Waals surface area contributed by atoms with E-state index in [-0.39, 0.29) is 12.4 Å². The highest BCUT2D eigenvalue weighted by atomic mass is 32.2. The van der Waals surface area contributed by atoms with E-state index in [2.05, 4.69) is 4.40 Å². The Labute approximate surface area is 91.9 Å². The molecule has 0 heterocycles. The van der Waals surface area contributed by atoms with E-state index in [4.69, 9.17) is 5.11 Å². The van der Waals surface area contributed by atoms with Crippen LogP contribution in [0.25, 0.3) is 0 Å². The van der Waals surface area contributed by atoms with Crippen LogP contribution in [0, 0.1) is 5.41 Å². The van der Waals surface area contributed by atoms with Gasteiger partial charge in [-0.05, 0) is 6.42 Å². The summed E-state index contributed by atoms with van der Waals surface area (Å²) in [7, 11) is -0.0938. The van der Waals surface area contributed by atoms with E-state index >= 15 is 0 Å². The van der Waals surface area contributed by atoms with Gasteiger partial charge in [0.25, 0.3) is 10.0 Å². The number of hydrogen-bond acceptors (Lipinski definition) is 3. The van der Waals surface area contributed by atoms with E-state index in [0.717, 1.165) is 0 Å². The third-order valence-corrected chi connectivity index (χ3v) is 3.68. The Morgan fingerprint density at radius 1 is 1.47 bits per heavy atom. The molecule has 0 aromatic rings. The van der Waals surface area contributed by atoms with Crippen molar-refractivity contribution in [1.29, 1.82) is 0 Å². The van der Waals surface area contributed by atoms with Crippen LogP contribution in [0.2, 0.25) is 0 Å². The molecule has 6 heteroatoms. The molecule has 0 radical (unpaired) electrons. The van der Waals surface area contributed by atoms with Crippen LogP contribution in [-0.2, 0) is 10.0 Å². The topological polar surface area (TPSA) is 70.0 Å². The predicted octanol–water partition coefficient (Wildman–Crippen LogP) is 0.315. The molecule has 0 fully saturated rings. The van der Waals surface area contributed by atoms with Crippen molar-refractivity contribution in [2.45, 2.75) is 20.3 Å². The highest BCUT2D eigenvalue weighted by Crippen LogP contribution is 2.22. The van der Waals surface area contributed by atoms with Gasteiger partial charge in [0, 0.05) is 26.1 Å². The average Bonchev–Trinajstić information content (AvgIpc) is 2.14. The Bertz CT molecular complexity index is 305. The molecule has 5 nitrogen and oxygen atoms in total. The Morgan fingerprint density at radius 2 is 2.00 bits per heavy atom. The summed E-state index contributed by atoms with van der Waals surface area (Å²) < 4.78 is 26.6. The van der Waals surface area contributed by atoms with Gasteiger partial charge in [0.2, 0.25) is 0 Å². The molecule has 0 aliphatic rings. The maximum absolute atomic E-state index is 11.5. The minimum absolute atomic E-state index is 0.128. The first-order chi connectivity index (χ1) is 6.74. The fraction of sp³-hybridized carbons (Fsp3) is 0.889. The van der Waals surface area contributed by atoms with Gasteiger partial charge in [-0.2, -0.15) is 4.40 Å². The van der Waals surface area contributed by atoms with Crippen molar-refractivity contribution in [2.75, 3.05) is 26.5 Å². The molecule has 1 unspecified atom stereocenters. The standard InChI is InChI=1S/C9H20N2O3S/c1-5-9(2,6-12)7-15(13,14)10-8-11(3)4/h8,12H,5-7H2,1-4H3/b10-8+. The molecule has 0 aliphatic carbocycles. The van der Waals surface area contributed by atoms with Gasteiger partial charge in [0.1, 0.15) is 6.34 Å². The molecule has 0 amide bonds. The maximum atomic E-state index is 11.5. The molecule has 0 spiro atoms. The molecular formula is C9H20N2O3S. The lowest BCUT2D eigenvalue weighted by Crippen LogP contribution is -2.29. The fourth-order valence-corrected chi connectivity index (χ4v) is 2.49. The monoisotopic (exact) mass is 236 g/mol. The third-order valence-electron chi connectivity index (χ3n) is 2.20. The molecule has 0 aromatic heterocycles. The quantitative estimate of drug-likeness (QED) is 0.532. The summed E-state index contributed by atoms with van der Waals surface area (Å²) in [5.74, 6) is -0.128. The third kappa shape index (κ3) is 5.74. The van der Waals surface area contributed by atoms with Crippen molar-refractivity contribution in [3.63, 3.8) is 0 Å². The number of sulfonamides is 1. The van der Waals surface area contributed by atoms with Crippen molar-refractivity contribution in [2.24, 2.45) is 9.81 Å². The Kier molecular flexibility index (Phi) is 5.23. The van der Waals surface area contributed by atoms with Crippen LogP contribution in [-0.4, -0.2) is 51.2 Å². The number of hydrogen-bond donors (Lipinski definition) is 1. The van der Waals surface area contributed by atoms with E-state index in [0.29, 0.717) is 6.42 Å². The van der Waals surface area contributed by atoms with Gasteiger partial charge in [0.05, 0.1) is 5.75 Å². The summed E-state index contributed by atoms with van der Waals surface area (Å²) in [6, 6.07) is 0. The van der Waals surface area contributed by atoms with E-state index in [1.165, 1.54) is 6.34 Å². The number of rotatable bonds is 6. The van der Waals surface area contributed by atoms with Crippen molar-refractivity contribution in [3.05, 3.63) is 0 Å². The number of aliphatic hydroxyl groups is 1. The van der Waals surface area contributed by atoms with Crippen LogP contribution in [0.15, 0.2) is 4.40 Å². The smallest absolute Gasteiger partial charge is 0.255 e. The summed E-state index contributed by atoms with van der Waals surface area (Å²) >= 11 is 0. The molecule has 15 heavy (non-hydrogen) atoms. The summed E-state index contributed by atoms with van der Waals surface area (Å²) in [5.41, 5.74) is -0.609. The van der Waals surface area contributed by atoms with Crippen LogP contribution < -0.4 is 0 Å². The molecule has 0 saturated carbocycles. The number of nitrogens with zero attached hydrogens (tertiary/aromatic N) is 2. The summed E-state index contributed by atoms with van der Waals surface area (Å²) in [4.78, 5) is 1.56. The van der Waals surface area contributed by atoms with Gasteiger partial charge in [-0.1, -0.05) is 13.8 Å². The van der Waals surface area contributed by atoms with E-state index < -0.39 is 15.4 Å². The Hall–Kier alpha value is -0.620. The van der Waals surface area contributed by atoms with Crippen LogP contribution >= 0.6 is 0 Å². The minimum atomic E-state index is -3.49. The second-order valence-corrected chi connectivity index (χ2v) is 5.90. The molecule has 1 N–H and O–H groups in total. The van der Waals surface area contributed by atoms with Crippen LogP contribution in [0.4, 0.5) is 0 Å². The number of aliphatic hydroxyl groups excluding tert-OH is 1. The molecular weight excluding hydrogens is 216 g/mol. The SMILES string of the molecule is CCC(C)(CO)CS(=O)(=O)/N=C/N(C)C. The van der Waals surface area contributed by atoms with Crippen LogP contribution in [0.1, 0.15) is 20.3 Å². The molecule has 0 aromatic carbocycles. The first-order valence-electron chi connectivity index (χ1n) is 4.80. The zero-order valence-electron chi connectivity index (χ0n) is 9.77. The average molecular weight is 236 g/mol. The minimum Gasteiger partial charge on any atom is -0.396 e. The van der Waals surface area contributed by atoms with Crippen molar-refractivity contribution in [3.8, 4) is 0 Å². The van der Waals surface area contributed by atoms with E-state index in [1.54, 1.807) is 25.9 Å². The van der Waals surface area contributed by atoms with Crippen molar-refractivity contribution < 1.29 is 13.5 Å². The van der Waals surface area contributed by atoms with Crippen LogP contribution in [0.5, 0.6) is 0 Å². The van der Waals surface area contributed by atoms with Gasteiger partial charge in [-0.3, -0.25) is 0 Å². The van der Waals surface area contributed by atoms with Gasteiger partial charge < -0.3 is 10.0 Å². The van der Waals surface area contributed by atoms with Gasteiger partial charge in [0.15, 0.2) is 0 Å². The van der Waals surface area contributed by atoms with Gasteiger partial charge >= 0.3 is 0 Å². The summed E-state index contributed by atoms with van der Waals surface area (Å²) in [6.07, 6.45) is 1.85. The lowest BCUT2D eigenvalue weighted by molar-refractivity contribution is 0.158. The largest absolute Gasteiger partial charge is 0.396 e. The highest BCUT2D eigenvalue weighted by Gasteiger charge is 2.28. The lowest BCUT2D eigenvalue weighted by Gasteiger charge is -2.23. The molecule has 0 rings (SSSR count). The van der Waals surface area contributed by atoms with Crippen molar-refractivity contribution in [1.82, 2.24) is 4.90 Å². The van der Waals surface area contributed by atoms with Crippen molar-refractivity contribution >= 4 is 16.4 Å². The van der Waals surface area contributed by atoms with E-state index in [1.807, 2.05) is 6.92 Å². The Morgan fingerprint density at radius 3 is 2.33 bits per heavy atom. The first kappa shape index (κ1) is 14.4. The molecule has 90 valence electrons. The van der Waals surface area contributed by atoms with Gasteiger partial charge in [-0.15, -0.1) is 0 Å². The zero-order valence-corrected chi connectivity index (χ0v) is 10.6. The molecule has 0 bridgehead atoms. The first-order valence-corrected chi connectivity index (χ1v) is 6.41. The van der Waals surface area contributed by atoms with Gasteiger partial charge in [-0.25, -0.2) is 8.42 Å². The van der Waals surface area contributed by atoms with E-state index in [9.17, 15) is 8.42 Å². The summed E-state index contributed by atoms with van der Waals surface area (Å²) in [6.45, 7) is 3.43. The molecule has 0 aliphatic heterocycles. The maximum Gasteiger partial charge on any atom is 0.255 e.